The van der Waals surface area contributed by atoms with Gasteiger partial charge in [-0.1, -0.05) is 0 Å². The van der Waals surface area contributed by atoms with Crippen molar-refractivity contribution in [1.29, 1.82) is 0 Å². The molecule has 0 saturated carbocycles. The first kappa shape index (κ1) is 23.4. The van der Waals surface area contributed by atoms with Crippen LogP contribution in [0.1, 0.15) is 10.6 Å². The van der Waals surface area contributed by atoms with Crippen molar-refractivity contribution in [1.82, 2.24) is 14.9 Å². The highest BCUT2D eigenvalue weighted by atomic mass is 32.1. The van der Waals surface area contributed by atoms with Crippen LogP contribution in [0.3, 0.4) is 0 Å². The number of rotatable bonds is 5. The Hall–Kier alpha value is -2.31. The number of halogens is 4. The first-order chi connectivity index (χ1) is 14.6. The highest BCUT2D eigenvalue weighted by molar-refractivity contribution is 7.09. The molecule has 2 aromatic rings. The van der Waals surface area contributed by atoms with Gasteiger partial charge in [-0.2, -0.15) is 13.2 Å². The van der Waals surface area contributed by atoms with Crippen molar-refractivity contribution in [2.75, 3.05) is 32.9 Å². The average molecular weight is 463 g/mol. The van der Waals surface area contributed by atoms with Gasteiger partial charge in [-0.05, 0) is 19.1 Å². The minimum Gasteiger partial charge on any atom is -0.475 e. The summed E-state index contributed by atoms with van der Waals surface area (Å²) in [6, 6.07) is 2.94. The maximum absolute atomic E-state index is 13.7. The van der Waals surface area contributed by atoms with Gasteiger partial charge in [-0.25, -0.2) is 19.2 Å². The molecule has 2 fully saturated rings. The molecule has 2 saturated heterocycles. The quantitative estimate of drug-likeness (QED) is 0.682. The van der Waals surface area contributed by atoms with Gasteiger partial charge in [0.15, 0.2) is 5.82 Å². The fraction of sp³-hybridized carbons (Fsp3) is 0.526. The van der Waals surface area contributed by atoms with Crippen LogP contribution in [-0.2, 0) is 16.1 Å². The van der Waals surface area contributed by atoms with Gasteiger partial charge < -0.3 is 14.6 Å². The maximum Gasteiger partial charge on any atom is 0.490 e. The number of thiazole rings is 1. The number of fused-ring (bicyclic) bond motifs is 1. The molecule has 0 bridgehead atoms. The zero-order chi connectivity index (χ0) is 22.6. The smallest absolute Gasteiger partial charge is 0.475 e. The lowest BCUT2D eigenvalue weighted by Gasteiger charge is -2.27. The summed E-state index contributed by atoms with van der Waals surface area (Å²) in [5.41, 5.74) is 2.92. The number of aryl methyl sites for hydroxylation is 1. The SMILES string of the molecule is Cc1ncsc1CN1C[C@@H]2COC[C@]2(COc2ncccc2F)C1.O=C(O)C(F)(F)F. The van der Waals surface area contributed by atoms with Crippen molar-refractivity contribution in [3.8, 4) is 5.88 Å². The lowest BCUT2D eigenvalue weighted by Crippen LogP contribution is -2.37. The molecule has 31 heavy (non-hydrogen) atoms. The van der Waals surface area contributed by atoms with Crippen LogP contribution >= 0.6 is 11.3 Å². The first-order valence-electron chi connectivity index (χ1n) is 9.33. The molecule has 4 heterocycles. The maximum atomic E-state index is 13.7. The first-order valence-corrected chi connectivity index (χ1v) is 10.2. The summed E-state index contributed by atoms with van der Waals surface area (Å²) in [7, 11) is 0. The molecule has 1 N–H and O–H groups in total. The molecule has 0 aliphatic carbocycles. The fourth-order valence-corrected chi connectivity index (χ4v) is 4.46. The zero-order valence-corrected chi connectivity index (χ0v) is 17.4. The third-order valence-electron chi connectivity index (χ3n) is 5.27. The van der Waals surface area contributed by atoms with Crippen LogP contribution < -0.4 is 4.74 Å². The van der Waals surface area contributed by atoms with Crippen LogP contribution in [0.4, 0.5) is 17.6 Å². The predicted octanol–water partition coefficient (Wildman–Crippen LogP) is 3.15. The van der Waals surface area contributed by atoms with Crippen LogP contribution in [0.15, 0.2) is 23.8 Å². The van der Waals surface area contributed by atoms with Crippen molar-refractivity contribution in [2.24, 2.45) is 11.3 Å². The molecule has 0 radical (unpaired) electrons. The Morgan fingerprint density at radius 1 is 1.45 bits per heavy atom. The van der Waals surface area contributed by atoms with E-state index in [1.54, 1.807) is 23.6 Å². The Kier molecular flexibility index (Phi) is 7.12. The second-order valence-electron chi connectivity index (χ2n) is 7.49. The molecule has 170 valence electrons. The lowest BCUT2D eigenvalue weighted by atomic mass is 9.82. The second kappa shape index (κ2) is 9.45. The summed E-state index contributed by atoms with van der Waals surface area (Å²) in [5.74, 6) is -2.68. The van der Waals surface area contributed by atoms with Gasteiger partial charge in [0.1, 0.15) is 0 Å². The van der Waals surface area contributed by atoms with Crippen molar-refractivity contribution < 1.29 is 36.9 Å². The van der Waals surface area contributed by atoms with Crippen LogP contribution in [-0.4, -0.2) is 65.0 Å². The molecule has 0 spiro atoms. The molecule has 2 aliphatic heterocycles. The Labute approximate surface area is 179 Å². The van der Waals surface area contributed by atoms with E-state index in [4.69, 9.17) is 19.4 Å². The van der Waals surface area contributed by atoms with Gasteiger partial charge in [0.25, 0.3) is 0 Å². The number of aliphatic carboxylic acids is 1. The normalized spacial score (nSPS) is 23.2. The van der Waals surface area contributed by atoms with E-state index in [0.29, 0.717) is 19.1 Å². The molecule has 2 aliphatic rings. The number of carboxylic acid groups (broad SMARTS) is 1. The predicted molar refractivity (Wildman–Crippen MR) is 102 cm³/mol. The number of alkyl halides is 3. The Morgan fingerprint density at radius 2 is 2.19 bits per heavy atom. The summed E-state index contributed by atoms with van der Waals surface area (Å²) in [6.45, 7) is 6.66. The fourth-order valence-electron chi connectivity index (χ4n) is 3.64. The molecule has 0 unspecified atom stereocenters. The number of likely N-dealkylation sites (tertiary alicyclic amines) is 1. The van der Waals surface area contributed by atoms with Gasteiger partial charge in [0.05, 0.1) is 31.0 Å². The number of hydrogen-bond donors (Lipinski definition) is 1. The van der Waals surface area contributed by atoms with Crippen LogP contribution in [0.5, 0.6) is 5.88 Å². The Bertz CT molecular complexity index is 910. The van der Waals surface area contributed by atoms with Gasteiger partial charge in [-0.15, -0.1) is 11.3 Å². The number of carbonyl (C=O) groups is 1. The van der Waals surface area contributed by atoms with E-state index < -0.39 is 18.0 Å². The number of ether oxygens (including phenoxy) is 2. The van der Waals surface area contributed by atoms with E-state index in [-0.39, 0.29) is 11.3 Å². The van der Waals surface area contributed by atoms with E-state index in [1.165, 1.54) is 10.9 Å². The van der Waals surface area contributed by atoms with Crippen LogP contribution in [0.25, 0.3) is 0 Å². The second-order valence-corrected chi connectivity index (χ2v) is 8.43. The van der Waals surface area contributed by atoms with Gasteiger partial charge >= 0.3 is 12.1 Å². The number of aromatic nitrogens is 2. The lowest BCUT2D eigenvalue weighted by molar-refractivity contribution is -0.192. The summed E-state index contributed by atoms with van der Waals surface area (Å²) in [5, 5.41) is 7.12. The molecule has 7 nitrogen and oxygen atoms in total. The number of nitrogens with zero attached hydrogens (tertiary/aromatic N) is 3. The van der Waals surface area contributed by atoms with E-state index in [2.05, 4.69) is 21.8 Å². The highest BCUT2D eigenvalue weighted by Crippen LogP contribution is 2.42. The topological polar surface area (TPSA) is 84.8 Å². The van der Waals surface area contributed by atoms with Crippen molar-refractivity contribution in [3.63, 3.8) is 0 Å². The van der Waals surface area contributed by atoms with Crippen molar-refractivity contribution >= 4 is 17.3 Å². The zero-order valence-electron chi connectivity index (χ0n) is 16.6. The van der Waals surface area contributed by atoms with Gasteiger partial charge in [-0.3, -0.25) is 4.90 Å². The van der Waals surface area contributed by atoms with Gasteiger partial charge in [0.2, 0.25) is 5.88 Å². The number of pyridine rings is 1. The molecular formula is C19H21F4N3O4S. The summed E-state index contributed by atoms with van der Waals surface area (Å²) in [6.07, 6.45) is -3.54. The third-order valence-corrected chi connectivity index (χ3v) is 6.19. The van der Waals surface area contributed by atoms with E-state index in [9.17, 15) is 17.6 Å². The summed E-state index contributed by atoms with van der Waals surface area (Å²) >= 11 is 1.70. The standard InChI is InChI=1S/C17H20FN3O2S.C2HF3O2/c1-12-15(24-11-20-12)6-21-5-13-7-22-9-17(13,8-21)10-23-16-14(18)3-2-4-19-16;3-2(4,5)1(6)7/h2-4,11,13H,5-10H2,1H3;(H,6,7)/t13-,17+;/m1./s1. The number of carboxylic acids is 1. The van der Waals surface area contributed by atoms with Crippen LogP contribution in [0.2, 0.25) is 0 Å². The number of hydrogen-bond acceptors (Lipinski definition) is 7. The molecule has 0 amide bonds. The van der Waals surface area contributed by atoms with Gasteiger partial charge in [0, 0.05) is 42.0 Å². The molecule has 12 heteroatoms. The highest BCUT2D eigenvalue weighted by Gasteiger charge is 2.51. The minimum absolute atomic E-state index is 0.0780. The van der Waals surface area contributed by atoms with E-state index >= 15 is 0 Å². The molecule has 2 aromatic heterocycles. The summed E-state index contributed by atoms with van der Waals surface area (Å²) < 4.78 is 56.9. The molecular weight excluding hydrogens is 442 g/mol. The molecule has 2 atom stereocenters. The Morgan fingerprint density at radius 3 is 2.81 bits per heavy atom. The molecule has 4 rings (SSSR count). The largest absolute Gasteiger partial charge is 0.490 e. The average Bonchev–Trinajstić information content (AvgIpc) is 3.36. The van der Waals surface area contributed by atoms with E-state index in [1.807, 2.05) is 5.51 Å². The minimum atomic E-state index is -5.08. The van der Waals surface area contributed by atoms with Crippen molar-refractivity contribution in [2.45, 2.75) is 19.6 Å². The Balaban J connectivity index is 0.000000339. The molecule has 0 aromatic carbocycles. The van der Waals surface area contributed by atoms with Crippen LogP contribution in [0, 0.1) is 24.1 Å². The third kappa shape index (κ3) is 5.69. The monoisotopic (exact) mass is 463 g/mol. The van der Waals surface area contributed by atoms with E-state index in [0.717, 1.165) is 31.9 Å². The van der Waals surface area contributed by atoms with Crippen molar-refractivity contribution in [3.05, 3.63) is 40.2 Å². The summed E-state index contributed by atoms with van der Waals surface area (Å²) in [4.78, 5) is 20.9.